The van der Waals surface area contributed by atoms with E-state index in [9.17, 15) is 0 Å². The maximum Gasteiger partial charge on any atom is 0.191 e. The molecule has 1 heterocycles. The van der Waals surface area contributed by atoms with E-state index < -0.39 is 0 Å². The minimum Gasteiger partial charge on any atom is -0.377 e. The summed E-state index contributed by atoms with van der Waals surface area (Å²) >= 11 is 3.58. The molecular weight excluding hydrogens is 358 g/mol. The Morgan fingerprint density at radius 2 is 2.30 bits per heavy atom. The second-order valence-electron chi connectivity index (χ2n) is 5.60. The number of hydrogen-bond donors (Lipinski definition) is 2. The van der Waals surface area contributed by atoms with Crippen molar-refractivity contribution in [1.82, 2.24) is 10.6 Å². The molecule has 0 aromatic heterocycles. The van der Waals surface area contributed by atoms with Gasteiger partial charge in [-0.2, -0.15) is 0 Å². The largest absolute Gasteiger partial charge is 0.377 e. The Labute approximate surface area is 147 Å². The van der Waals surface area contributed by atoms with Crippen molar-refractivity contribution in [2.45, 2.75) is 31.9 Å². The molecule has 23 heavy (non-hydrogen) atoms. The second-order valence-corrected chi connectivity index (χ2v) is 6.45. The lowest BCUT2D eigenvalue weighted by molar-refractivity contribution is 0.0191. The average Bonchev–Trinajstić information content (AvgIpc) is 3.07. The molecule has 2 N–H and O–H groups in total. The van der Waals surface area contributed by atoms with Crippen LogP contribution in [0.4, 0.5) is 0 Å². The van der Waals surface area contributed by atoms with Crippen LogP contribution in [0.1, 0.15) is 31.4 Å². The summed E-state index contributed by atoms with van der Waals surface area (Å²) in [5.41, 5.74) is 1.20. The lowest BCUT2D eigenvalue weighted by Crippen LogP contribution is -2.40. The summed E-state index contributed by atoms with van der Waals surface area (Å²) < 4.78 is 12.3. The maximum absolute atomic E-state index is 5.64. The van der Waals surface area contributed by atoms with Gasteiger partial charge in [0.15, 0.2) is 5.96 Å². The Morgan fingerprint density at radius 3 is 3.00 bits per heavy atom. The van der Waals surface area contributed by atoms with Crippen LogP contribution in [-0.4, -0.2) is 45.5 Å². The van der Waals surface area contributed by atoms with Gasteiger partial charge in [-0.1, -0.05) is 34.1 Å². The molecule has 0 radical (unpaired) electrons. The van der Waals surface area contributed by atoms with Gasteiger partial charge in [-0.05, 0) is 31.4 Å². The first-order valence-corrected chi connectivity index (χ1v) is 8.91. The smallest absolute Gasteiger partial charge is 0.191 e. The van der Waals surface area contributed by atoms with E-state index in [1.54, 1.807) is 7.05 Å². The molecule has 0 amide bonds. The van der Waals surface area contributed by atoms with Gasteiger partial charge in [0.05, 0.1) is 25.4 Å². The Balaban J connectivity index is 1.67. The number of aliphatic imine (C=N–C) groups is 1. The maximum atomic E-state index is 5.64. The Bertz CT molecular complexity index is 504. The number of halogens is 1. The highest BCUT2D eigenvalue weighted by atomic mass is 79.9. The summed E-state index contributed by atoms with van der Waals surface area (Å²) in [5, 5.41) is 6.66. The van der Waals surface area contributed by atoms with Gasteiger partial charge in [-0.15, -0.1) is 0 Å². The van der Waals surface area contributed by atoms with Crippen molar-refractivity contribution in [3.63, 3.8) is 0 Å². The minimum atomic E-state index is 0.157. The number of nitrogens with one attached hydrogen (secondary N) is 2. The molecule has 1 fully saturated rings. The summed E-state index contributed by atoms with van der Waals surface area (Å²) in [5.74, 6) is 0.772. The molecule has 0 spiro atoms. The highest BCUT2D eigenvalue weighted by Crippen LogP contribution is 2.22. The molecule has 2 atom stereocenters. The molecule has 1 aromatic carbocycles. The van der Waals surface area contributed by atoms with Crippen LogP contribution in [0, 0.1) is 0 Å². The van der Waals surface area contributed by atoms with Gasteiger partial charge in [-0.3, -0.25) is 4.99 Å². The van der Waals surface area contributed by atoms with Crippen molar-refractivity contribution in [1.29, 1.82) is 0 Å². The monoisotopic (exact) mass is 383 g/mol. The molecular formula is C17H26BrN3O2. The van der Waals surface area contributed by atoms with E-state index in [1.165, 1.54) is 5.56 Å². The average molecular weight is 384 g/mol. The van der Waals surface area contributed by atoms with Crippen LogP contribution >= 0.6 is 15.9 Å². The summed E-state index contributed by atoms with van der Waals surface area (Å²) in [6, 6.07) is 8.35. The molecule has 1 aliphatic heterocycles. The molecule has 5 nitrogen and oxygen atoms in total. The fourth-order valence-electron chi connectivity index (χ4n) is 2.54. The molecule has 128 valence electrons. The van der Waals surface area contributed by atoms with Crippen LogP contribution in [0.5, 0.6) is 0 Å². The molecule has 1 aliphatic rings. The summed E-state index contributed by atoms with van der Waals surface area (Å²) in [6.07, 6.45) is 2.54. The van der Waals surface area contributed by atoms with Gasteiger partial charge in [0.25, 0.3) is 0 Å². The van der Waals surface area contributed by atoms with Crippen molar-refractivity contribution in [2.24, 2.45) is 4.99 Å². The first-order valence-electron chi connectivity index (χ1n) is 8.11. The number of nitrogens with zero attached hydrogens (tertiary/aromatic N) is 1. The third-order valence-electron chi connectivity index (χ3n) is 3.82. The van der Waals surface area contributed by atoms with Crippen LogP contribution in [0.3, 0.4) is 0 Å². The van der Waals surface area contributed by atoms with E-state index in [0.717, 1.165) is 36.4 Å². The zero-order chi connectivity index (χ0) is 16.5. The Kier molecular flexibility index (Phi) is 7.85. The summed E-state index contributed by atoms with van der Waals surface area (Å²) in [7, 11) is 1.77. The minimum absolute atomic E-state index is 0.157. The number of guanidine groups is 1. The Morgan fingerprint density at radius 1 is 1.48 bits per heavy atom. The van der Waals surface area contributed by atoms with Crippen molar-refractivity contribution >= 4 is 21.9 Å². The van der Waals surface area contributed by atoms with E-state index in [-0.39, 0.29) is 12.1 Å². The van der Waals surface area contributed by atoms with E-state index in [4.69, 9.17) is 9.47 Å². The van der Waals surface area contributed by atoms with Gasteiger partial charge in [0.1, 0.15) is 0 Å². The van der Waals surface area contributed by atoms with Crippen molar-refractivity contribution in [2.75, 3.05) is 33.4 Å². The number of rotatable bonds is 7. The van der Waals surface area contributed by atoms with Gasteiger partial charge in [0.2, 0.25) is 0 Å². The van der Waals surface area contributed by atoms with Crippen LogP contribution < -0.4 is 10.6 Å². The first kappa shape index (κ1) is 18.2. The molecule has 2 unspecified atom stereocenters. The summed E-state index contributed by atoms with van der Waals surface area (Å²) in [4.78, 5) is 4.26. The van der Waals surface area contributed by atoms with Crippen molar-refractivity contribution < 1.29 is 9.47 Å². The zero-order valence-electron chi connectivity index (χ0n) is 13.8. The fraction of sp³-hybridized carbons (Fsp3) is 0.588. The van der Waals surface area contributed by atoms with Gasteiger partial charge in [0, 0.05) is 24.7 Å². The summed E-state index contributed by atoms with van der Waals surface area (Å²) in [6.45, 7) is 5.02. The molecule has 1 saturated heterocycles. The van der Waals surface area contributed by atoms with Gasteiger partial charge in [-0.25, -0.2) is 0 Å². The van der Waals surface area contributed by atoms with Gasteiger partial charge < -0.3 is 20.1 Å². The van der Waals surface area contributed by atoms with Crippen LogP contribution in [0.15, 0.2) is 33.7 Å². The van der Waals surface area contributed by atoms with E-state index in [2.05, 4.69) is 44.5 Å². The fourth-order valence-corrected chi connectivity index (χ4v) is 3.16. The topological polar surface area (TPSA) is 54.9 Å². The quantitative estimate of drug-likeness (QED) is 0.431. The molecule has 0 saturated carbocycles. The van der Waals surface area contributed by atoms with E-state index in [0.29, 0.717) is 13.2 Å². The zero-order valence-corrected chi connectivity index (χ0v) is 15.4. The molecule has 0 bridgehead atoms. The van der Waals surface area contributed by atoms with Gasteiger partial charge >= 0.3 is 0 Å². The van der Waals surface area contributed by atoms with Crippen LogP contribution in [-0.2, 0) is 9.47 Å². The predicted molar refractivity (Wildman–Crippen MR) is 96.8 cm³/mol. The lowest BCUT2D eigenvalue weighted by Gasteiger charge is -2.19. The molecule has 6 heteroatoms. The highest BCUT2D eigenvalue weighted by molar-refractivity contribution is 9.10. The third-order valence-corrected chi connectivity index (χ3v) is 4.54. The molecule has 2 rings (SSSR count). The Hall–Kier alpha value is -1.11. The first-order chi connectivity index (χ1) is 11.2. The normalized spacial score (nSPS) is 19.6. The standard InChI is InChI=1S/C17H26BrN3O2/c1-13(15-7-3-4-8-16(15)18)21-17(19-2)20-9-11-22-12-14-6-5-10-23-14/h3-4,7-8,13-14H,5-6,9-12H2,1-2H3,(H2,19,20,21). The lowest BCUT2D eigenvalue weighted by atomic mass is 10.1. The SMILES string of the molecule is CN=C(NCCOCC1CCCO1)NC(C)c1ccccc1Br. The van der Waals surface area contributed by atoms with Crippen LogP contribution in [0.25, 0.3) is 0 Å². The molecule has 0 aliphatic carbocycles. The van der Waals surface area contributed by atoms with E-state index >= 15 is 0 Å². The number of ether oxygens (including phenoxy) is 2. The predicted octanol–water partition coefficient (Wildman–Crippen LogP) is 2.87. The third kappa shape index (κ3) is 6.12. The second kappa shape index (κ2) is 9.90. The molecule has 1 aromatic rings. The highest BCUT2D eigenvalue weighted by Gasteiger charge is 2.15. The number of hydrogen-bond acceptors (Lipinski definition) is 3. The van der Waals surface area contributed by atoms with Crippen molar-refractivity contribution in [3.8, 4) is 0 Å². The number of benzene rings is 1. The van der Waals surface area contributed by atoms with Crippen LogP contribution in [0.2, 0.25) is 0 Å². The van der Waals surface area contributed by atoms with Crippen molar-refractivity contribution in [3.05, 3.63) is 34.3 Å². The van der Waals surface area contributed by atoms with E-state index in [1.807, 2.05) is 18.2 Å².